The number of hydrogen-bond acceptors (Lipinski definition) is 7. The van der Waals surface area contributed by atoms with Gasteiger partial charge in [0.25, 0.3) is 0 Å². The van der Waals surface area contributed by atoms with E-state index in [1.54, 1.807) is 29.5 Å². The van der Waals surface area contributed by atoms with E-state index < -0.39 is 0 Å². The molecule has 0 amide bonds. The van der Waals surface area contributed by atoms with Crippen LogP contribution in [0.5, 0.6) is 11.5 Å². The molecule has 1 aliphatic rings. The van der Waals surface area contributed by atoms with Crippen LogP contribution in [0.3, 0.4) is 0 Å². The standard InChI is InChI=1S/C25H23N3O3S2/c29-21(19-8-9-22-23(15-19)31-13-12-30-22)17-33-25-27-26-24(16-20-7-4-14-32-20)28(25)11-10-18-5-2-1-3-6-18/h1-9,14-15H,10-13,16-17H2. The average molecular weight is 478 g/mol. The zero-order valence-corrected chi connectivity index (χ0v) is 19.6. The Kier molecular flexibility index (Phi) is 6.73. The van der Waals surface area contributed by atoms with Crippen molar-refractivity contribution < 1.29 is 14.3 Å². The number of benzene rings is 2. The topological polar surface area (TPSA) is 66.2 Å². The Balaban J connectivity index is 1.31. The van der Waals surface area contributed by atoms with E-state index in [0.29, 0.717) is 30.3 Å². The van der Waals surface area contributed by atoms with Crippen molar-refractivity contribution in [1.29, 1.82) is 0 Å². The molecule has 2 aromatic heterocycles. The highest BCUT2D eigenvalue weighted by molar-refractivity contribution is 7.99. The maximum atomic E-state index is 12.9. The average Bonchev–Trinajstić information content (AvgIpc) is 3.51. The number of carbonyl (C=O) groups excluding carboxylic acids is 1. The molecule has 1 aliphatic heterocycles. The second-order valence-electron chi connectivity index (χ2n) is 7.61. The van der Waals surface area contributed by atoms with Crippen LogP contribution in [-0.2, 0) is 19.4 Å². The molecule has 6 nitrogen and oxygen atoms in total. The molecule has 5 rings (SSSR count). The van der Waals surface area contributed by atoms with Crippen molar-refractivity contribution >= 4 is 28.9 Å². The third-order valence-electron chi connectivity index (χ3n) is 5.37. The monoisotopic (exact) mass is 477 g/mol. The van der Waals surface area contributed by atoms with Gasteiger partial charge in [-0.3, -0.25) is 4.79 Å². The van der Waals surface area contributed by atoms with Gasteiger partial charge in [0.1, 0.15) is 19.0 Å². The minimum atomic E-state index is 0.0226. The Morgan fingerprint density at radius 2 is 1.85 bits per heavy atom. The van der Waals surface area contributed by atoms with Gasteiger partial charge in [0.2, 0.25) is 0 Å². The molecule has 2 aromatic carbocycles. The van der Waals surface area contributed by atoms with Gasteiger partial charge in [0.15, 0.2) is 22.4 Å². The molecule has 0 aliphatic carbocycles. The lowest BCUT2D eigenvalue weighted by Crippen LogP contribution is -2.16. The van der Waals surface area contributed by atoms with Crippen molar-refractivity contribution in [3.05, 3.63) is 87.9 Å². The fourth-order valence-electron chi connectivity index (χ4n) is 3.67. The van der Waals surface area contributed by atoms with Crippen molar-refractivity contribution in [2.75, 3.05) is 19.0 Å². The second kappa shape index (κ2) is 10.2. The van der Waals surface area contributed by atoms with E-state index in [1.165, 1.54) is 22.2 Å². The quantitative estimate of drug-likeness (QED) is 0.252. The molecular formula is C25H23N3O3S2. The molecule has 8 heteroatoms. The minimum Gasteiger partial charge on any atom is -0.486 e. The number of fused-ring (bicyclic) bond motifs is 1. The number of hydrogen-bond donors (Lipinski definition) is 0. The van der Waals surface area contributed by atoms with E-state index in [-0.39, 0.29) is 11.5 Å². The summed E-state index contributed by atoms with van der Waals surface area (Å²) in [6.45, 7) is 1.79. The van der Waals surface area contributed by atoms with Crippen LogP contribution in [0.2, 0.25) is 0 Å². The van der Waals surface area contributed by atoms with Crippen LogP contribution in [0.15, 0.2) is 71.2 Å². The number of Topliss-reactive ketones (excluding diaryl/α,β-unsaturated/α-hetero) is 1. The van der Waals surface area contributed by atoms with Gasteiger partial charge in [-0.1, -0.05) is 48.2 Å². The summed E-state index contributed by atoms with van der Waals surface area (Å²) in [7, 11) is 0. The number of nitrogens with zero attached hydrogens (tertiary/aromatic N) is 3. The van der Waals surface area contributed by atoms with E-state index in [2.05, 4.69) is 50.5 Å². The predicted molar refractivity (Wildman–Crippen MR) is 130 cm³/mol. The lowest BCUT2D eigenvalue weighted by Gasteiger charge is -2.18. The Morgan fingerprint density at radius 1 is 1.00 bits per heavy atom. The van der Waals surface area contributed by atoms with E-state index in [0.717, 1.165) is 30.4 Å². The van der Waals surface area contributed by atoms with Gasteiger partial charge >= 0.3 is 0 Å². The fraction of sp³-hybridized carbons (Fsp3) is 0.240. The molecule has 0 unspecified atom stereocenters. The molecule has 3 heterocycles. The second-order valence-corrected chi connectivity index (χ2v) is 9.59. The first-order chi connectivity index (χ1) is 16.3. The molecule has 0 radical (unpaired) electrons. The van der Waals surface area contributed by atoms with Crippen molar-refractivity contribution in [1.82, 2.24) is 14.8 Å². The summed E-state index contributed by atoms with van der Waals surface area (Å²) in [4.78, 5) is 14.1. The zero-order chi connectivity index (χ0) is 22.5. The van der Waals surface area contributed by atoms with Crippen LogP contribution in [0.25, 0.3) is 0 Å². The van der Waals surface area contributed by atoms with Gasteiger partial charge in [-0.25, -0.2) is 0 Å². The fourth-order valence-corrected chi connectivity index (χ4v) is 5.25. The van der Waals surface area contributed by atoms with Gasteiger partial charge in [-0.05, 0) is 41.6 Å². The molecule has 33 heavy (non-hydrogen) atoms. The van der Waals surface area contributed by atoms with Crippen molar-refractivity contribution in [3.63, 3.8) is 0 Å². The number of aromatic nitrogens is 3. The summed E-state index contributed by atoms with van der Waals surface area (Å²) >= 11 is 3.14. The number of ketones is 1. The van der Waals surface area contributed by atoms with Crippen LogP contribution in [0.4, 0.5) is 0 Å². The van der Waals surface area contributed by atoms with Gasteiger partial charge in [-0.15, -0.1) is 21.5 Å². The van der Waals surface area contributed by atoms with E-state index in [1.807, 2.05) is 12.1 Å². The Bertz CT molecular complexity index is 1220. The van der Waals surface area contributed by atoms with Crippen LogP contribution in [0.1, 0.15) is 26.6 Å². The first-order valence-corrected chi connectivity index (χ1v) is 12.7. The summed E-state index contributed by atoms with van der Waals surface area (Å²) in [5.41, 5.74) is 1.87. The van der Waals surface area contributed by atoms with Crippen LogP contribution in [0, 0.1) is 0 Å². The van der Waals surface area contributed by atoms with Crippen LogP contribution < -0.4 is 9.47 Å². The Labute approximate surface area is 200 Å². The highest BCUT2D eigenvalue weighted by atomic mass is 32.2. The molecule has 0 spiro atoms. The molecule has 0 fully saturated rings. The third-order valence-corrected chi connectivity index (χ3v) is 7.21. The molecule has 0 atom stereocenters. The van der Waals surface area contributed by atoms with Crippen LogP contribution >= 0.6 is 23.1 Å². The minimum absolute atomic E-state index is 0.0226. The Hall–Kier alpha value is -3.10. The van der Waals surface area contributed by atoms with Crippen molar-refractivity contribution in [3.8, 4) is 11.5 Å². The summed E-state index contributed by atoms with van der Waals surface area (Å²) in [6, 6.07) is 19.9. The van der Waals surface area contributed by atoms with Gasteiger partial charge in [-0.2, -0.15) is 0 Å². The summed E-state index contributed by atoms with van der Waals surface area (Å²) in [5.74, 6) is 2.53. The van der Waals surface area contributed by atoms with Crippen LogP contribution in [-0.4, -0.2) is 39.5 Å². The number of ether oxygens (including phenoxy) is 2. The largest absolute Gasteiger partial charge is 0.486 e. The molecule has 0 N–H and O–H groups in total. The Morgan fingerprint density at radius 3 is 2.67 bits per heavy atom. The molecule has 4 aromatic rings. The number of thioether (sulfide) groups is 1. The van der Waals surface area contributed by atoms with E-state index in [9.17, 15) is 4.79 Å². The predicted octanol–water partition coefficient (Wildman–Crippen LogP) is 4.92. The SMILES string of the molecule is O=C(CSc1nnc(Cc2cccs2)n1CCc1ccccc1)c1ccc2c(c1)OCCO2. The number of thiophene rings is 1. The number of rotatable bonds is 9. The maximum absolute atomic E-state index is 12.9. The summed E-state index contributed by atoms with van der Waals surface area (Å²) in [6.07, 6.45) is 1.61. The molecule has 168 valence electrons. The first kappa shape index (κ1) is 21.7. The first-order valence-electron chi connectivity index (χ1n) is 10.8. The lowest BCUT2D eigenvalue weighted by atomic mass is 10.1. The highest BCUT2D eigenvalue weighted by Gasteiger charge is 2.18. The van der Waals surface area contributed by atoms with Gasteiger partial charge < -0.3 is 14.0 Å². The molecule has 0 saturated heterocycles. The van der Waals surface area contributed by atoms with Gasteiger partial charge in [0, 0.05) is 23.4 Å². The van der Waals surface area contributed by atoms with E-state index >= 15 is 0 Å². The normalized spacial score (nSPS) is 12.6. The maximum Gasteiger partial charge on any atom is 0.191 e. The molecule has 0 saturated carbocycles. The number of aryl methyl sites for hydroxylation is 1. The molecule has 0 bridgehead atoms. The van der Waals surface area contributed by atoms with Gasteiger partial charge in [0.05, 0.1) is 5.75 Å². The lowest BCUT2D eigenvalue weighted by molar-refractivity contribution is 0.102. The number of carbonyl (C=O) groups is 1. The third kappa shape index (κ3) is 5.29. The van der Waals surface area contributed by atoms with Crippen molar-refractivity contribution in [2.45, 2.75) is 24.5 Å². The van der Waals surface area contributed by atoms with E-state index in [4.69, 9.17) is 9.47 Å². The molecular weight excluding hydrogens is 454 g/mol. The zero-order valence-electron chi connectivity index (χ0n) is 18.0. The highest BCUT2D eigenvalue weighted by Crippen LogP contribution is 2.31. The van der Waals surface area contributed by atoms with Crippen molar-refractivity contribution in [2.24, 2.45) is 0 Å². The summed E-state index contributed by atoms with van der Waals surface area (Å²) < 4.78 is 13.3. The summed E-state index contributed by atoms with van der Waals surface area (Å²) in [5, 5.41) is 11.7. The smallest absolute Gasteiger partial charge is 0.191 e.